The molecule has 1 nitrogen and oxygen atoms in total. The summed E-state index contributed by atoms with van der Waals surface area (Å²) in [6.45, 7) is 6.18. The van der Waals surface area contributed by atoms with Crippen molar-refractivity contribution in [2.75, 3.05) is 13.6 Å². The molecule has 0 amide bonds. The lowest BCUT2D eigenvalue weighted by atomic mass is 9.67. The van der Waals surface area contributed by atoms with Gasteiger partial charge in [-0.1, -0.05) is 33.1 Å². The van der Waals surface area contributed by atoms with E-state index in [9.17, 15) is 0 Å². The van der Waals surface area contributed by atoms with Gasteiger partial charge in [0.2, 0.25) is 0 Å². The Bertz CT molecular complexity index is 202. The molecule has 1 heteroatoms. The van der Waals surface area contributed by atoms with E-state index in [4.69, 9.17) is 0 Å². The van der Waals surface area contributed by atoms with Crippen molar-refractivity contribution < 1.29 is 0 Å². The summed E-state index contributed by atoms with van der Waals surface area (Å²) in [4.78, 5) is 2.64. The summed E-state index contributed by atoms with van der Waals surface area (Å²) in [7, 11) is 2.34. The second kappa shape index (κ2) is 4.86. The van der Waals surface area contributed by atoms with Gasteiger partial charge in [0, 0.05) is 6.04 Å². The first-order chi connectivity index (χ1) is 7.24. The maximum Gasteiger partial charge on any atom is 0.0123 e. The van der Waals surface area contributed by atoms with Gasteiger partial charge in [-0.05, 0) is 50.6 Å². The number of hydrogen-bond acceptors (Lipinski definition) is 1. The average Bonchev–Trinajstić information content (AvgIpc) is 2.29. The van der Waals surface area contributed by atoms with E-state index >= 15 is 0 Å². The molecule has 1 aliphatic carbocycles. The highest BCUT2D eigenvalue weighted by Crippen LogP contribution is 2.42. The minimum Gasteiger partial charge on any atom is -0.303 e. The smallest absolute Gasteiger partial charge is 0.0123 e. The molecule has 0 spiro atoms. The molecule has 4 unspecified atom stereocenters. The van der Waals surface area contributed by atoms with Crippen LogP contribution < -0.4 is 0 Å². The normalized spacial score (nSPS) is 39.8. The maximum absolute atomic E-state index is 2.64. The highest BCUT2D eigenvalue weighted by Gasteiger charge is 2.39. The van der Waals surface area contributed by atoms with Gasteiger partial charge in [-0.15, -0.1) is 0 Å². The molecule has 2 fully saturated rings. The third-order valence-corrected chi connectivity index (χ3v) is 5.09. The second-order valence-electron chi connectivity index (χ2n) is 5.83. The molecular formula is C14H27N. The van der Waals surface area contributed by atoms with Gasteiger partial charge < -0.3 is 4.90 Å². The second-order valence-corrected chi connectivity index (χ2v) is 5.83. The fourth-order valence-corrected chi connectivity index (χ4v) is 3.93. The number of fused-ring (bicyclic) bond motifs is 1. The molecule has 2 aliphatic rings. The van der Waals surface area contributed by atoms with Crippen molar-refractivity contribution in [3.05, 3.63) is 0 Å². The topological polar surface area (TPSA) is 3.24 Å². The van der Waals surface area contributed by atoms with Gasteiger partial charge in [-0.25, -0.2) is 0 Å². The van der Waals surface area contributed by atoms with Crippen molar-refractivity contribution in [3.8, 4) is 0 Å². The van der Waals surface area contributed by atoms with Crippen molar-refractivity contribution in [1.82, 2.24) is 4.90 Å². The summed E-state index contributed by atoms with van der Waals surface area (Å²) in [5.41, 5.74) is 0. The first-order valence-electron chi connectivity index (χ1n) is 6.94. The van der Waals surface area contributed by atoms with Crippen molar-refractivity contribution in [1.29, 1.82) is 0 Å². The van der Waals surface area contributed by atoms with Gasteiger partial charge in [0.1, 0.15) is 0 Å². The van der Waals surface area contributed by atoms with Crippen LogP contribution in [0.2, 0.25) is 0 Å². The highest BCUT2D eigenvalue weighted by molar-refractivity contribution is 4.92. The van der Waals surface area contributed by atoms with Crippen LogP contribution in [-0.2, 0) is 0 Å². The summed E-state index contributed by atoms with van der Waals surface area (Å²) in [5.74, 6) is 2.99. The Labute approximate surface area is 95.2 Å². The Kier molecular flexibility index (Phi) is 3.71. The van der Waals surface area contributed by atoms with Crippen LogP contribution in [0.5, 0.6) is 0 Å². The molecule has 88 valence electrons. The lowest BCUT2D eigenvalue weighted by Gasteiger charge is -2.48. The lowest BCUT2D eigenvalue weighted by molar-refractivity contribution is 0.0142. The Morgan fingerprint density at radius 3 is 2.67 bits per heavy atom. The molecular weight excluding hydrogens is 182 g/mol. The molecule has 0 aromatic carbocycles. The average molecular weight is 209 g/mol. The summed E-state index contributed by atoms with van der Waals surface area (Å²) in [5, 5.41) is 0. The maximum atomic E-state index is 2.64. The molecule has 0 bridgehead atoms. The number of hydrogen-bond donors (Lipinski definition) is 0. The van der Waals surface area contributed by atoms with E-state index in [-0.39, 0.29) is 0 Å². The quantitative estimate of drug-likeness (QED) is 0.672. The van der Waals surface area contributed by atoms with Crippen molar-refractivity contribution in [2.45, 2.75) is 58.4 Å². The molecule has 0 radical (unpaired) electrons. The largest absolute Gasteiger partial charge is 0.303 e. The molecule has 1 aliphatic heterocycles. The Morgan fingerprint density at radius 1 is 1.20 bits per heavy atom. The van der Waals surface area contributed by atoms with Gasteiger partial charge in [0.15, 0.2) is 0 Å². The van der Waals surface area contributed by atoms with Gasteiger partial charge >= 0.3 is 0 Å². The monoisotopic (exact) mass is 209 g/mol. The van der Waals surface area contributed by atoms with E-state index in [2.05, 4.69) is 25.8 Å². The summed E-state index contributed by atoms with van der Waals surface area (Å²) >= 11 is 0. The third-order valence-electron chi connectivity index (χ3n) is 5.09. The lowest BCUT2D eigenvalue weighted by Crippen LogP contribution is -2.49. The van der Waals surface area contributed by atoms with E-state index < -0.39 is 0 Å². The SMILES string of the molecule is CCC(C)C1CCN(C)C2CCCCC12. The number of nitrogens with zero attached hydrogens (tertiary/aromatic N) is 1. The van der Waals surface area contributed by atoms with Crippen LogP contribution >= 0.6 is 0 Å². The zero-order valence-corrected chi connectivity index (χ0v) is 10.7. The van der Waals surface area contributed by atoms with Crippen LogP contribution in [0.4, 0.5) is 0 Å². The van der Waals surface area contributed by atoms with Crippen molar-refractivity contribution in [3.63, 3.8) is 0 Å². The molecule has 1 saturated heterocycles. The van der Waals surface area contributed by atoms with E-state index in [0.29, 0.717) is 0 Å². The van der Waals surface area contributed by atoms with Crippen LogP contribution in [-0.4, -0.2) is 24.5 Å². The third kappa shape index (κ3) is 2.22. The molecule has 0 aromatic rings. The van der Waals surface area contributed by atoms with Crippen LogP contribution in [0.25, 0.3) is 0 Å². The van der Waals surface area contributed by atoms with Gasteiger partial charge in [-0.2, -0.15) is 0 Å². The molecule has 0 N–H and O–H groups in total. The predicted octanol–water partition coefficient (Wildman–Crippen LogP) is 3.54. The van der Waals surface area contributed by atoms with Crippen LogP contribution in [0, 0.1) is 17.8 Å². The fraction of sp³-hybridized carbons (Fsp3) is 1.00. The van der Waals surface area contributed by atoms with Crippen LogP contribution in [0.3, 0.4) is 0 Å². The fourth-order valence-electron chi connectivity index (χ4n) is 3.93. The first kappa shape index (κ1) is 11.4. The predicted molar refractivity (Wildman–Crippen MR) is 65.9 cm³/mol. The Morgan fingerprint density at radius 2 is 1.93 bits per heavy atom. The van der Waals surface area contributed by atoms with E-state index in [1.54, 1.807) is 0 Å². The highest BCUT2D eigenvalue weighted by atomic mass is 15.1. The first-order valence-corrected chi connectivity index (χ1v) is 6.94. The summed E-state index contributed by atoms with van der Waals surface area (Å²) < 4.78 is 0. The van der Waals surface area contributed by atoms with Gasteiger partial charge in [-0.3, -0.25) is 0 Å². The molecule has 15 heavy (non-hydrogen) atoms. The summed E-state index contributed by atoms with van der Waals surface area (Å²) in [6.07, 6.45) is 8.75. The van der Waals surface area contributed by atoms with Crippen molar-refractivity contribution >= 4 is 0 Å². The zero-order chi connectivity index (χ0) is 10.8. The summed E-state index contributed by atoms with van der Waals surface area (Å²) in [6, 6.07) is 0.923. The molecule has 1 saturated carbocycles. The Balaban J connectivity index is 2.06. The van der Waals surface area contributed by atoms with E-state index in [0.717, 1.165) is 23.8 Å². The zero-order valence-electron chi connectivity index (χ0n) is 10.7. The van der Waals surface area contributed by atoms with Gasteiger partial charge in [0.05, 0.1) is 0 Å². The minimum absolute atomic E-state index is 0.923. The molecule has 0 aromatic heterocycles. The molecule has 4 atom stereocenters. The number of likely N-dealkylation sites (tertiary alicyclic amines) is 1. The standard InChI is InChI=1S/C14H27N/c1-4-11(2)12-9-10-15(3)14-8-6-5-7-13(12)14/h11-14H,4-10H2,1-3H3. The minimum atomic E-state index is 0.923. The van der Waals surface area contributed by atoms with E-state index in [1.165, 1.54) is 45.1 Å². The van der Waals surface area contributed by atoms with Crippen molar-refractivity contribution in [2.24, 2.45) is 17.8 Å². The van der Waals surface area contributed by atoms with E-state index in [1.807, 2.05) is 0 Å². The molecule has 2 rings (SSSR count). The van der Waals surface area contributed by atoms with Gasteiger partial charge in [0.25, 0.3) is 0 Å². The number of piperidine rings is 1. The Hall–Kier alpha value is -0.0400. The van der Waals surface area contributed by atoms with Crippen LogP contribution in [0.15, 0.2) is 0 Å². The number of rotatable bonds is 2. The molecule has 1 heterocycles. The van der Waals surface area contributed by atoms with Crippen LogP contribution in [0.1, 0.15) is 52.4 Å².